The van der Waals surface area contributed by atoms with Gasteiger partial charge in [-0.25, -0.2) is 0 Å². The van der Waals surface area contributed by atoms with Crippen LogP contribution < -0.4 is 10.2 Å². The summed E-state index contributed by atoms with van der Waals surface area (Å²) in [6.45, 7) is 7.53. The molecule has 0 radical (unpaired) electrons. The van der Waals surface area contributed by atoms with E-state index in [-0.39, 0.29) is 0 Å². The Morgan fingerprint density at radius 3 is 3.00 bits per heavy atom. The molecule has 1 heterocycles. The summed E-state index contributed by atoms with van der Waals surface area (Å²) < 4.78 is 0. The number of benzene rings is 1. The van der Waals surface area contributed by atoms with Gasteiger partial charge in [-0.05, 0) is 37.9 Å². The molecule has 1 unspecified atom stereocenters. The topological polar surface area (TPSA) is 15.3 Å². The van der Waals surface area contributed by atoms with Gasteiger partial charge in [0.05, 0.1) is 10.7 Å². The lowest BCUT2D eigenvalue weighted by atomic mass is 10.0. The molecule has 1 atom stereocenters. The number of nitrogens with zero attached hydrogens (tertiary/aromatic N) is 1. The molecule has 3 heteroatoms. The third-order valence-corrected chi connectivity index (χ3v) is 3.72. The molecule has 1 fully saturated rings. The number of rotatable bonds is 3. The highest BCUT2D eigenvalue weighted by atomic mass is 35.5. The van der Waals surface area contributed by atoms with Crippen molar-refractivity contribution in [2.24, 2.45) is 0 Å². The first-order valence-corrected chi connectivity index (χ1v) is 6.83. The van der Waals surface area contributed by atoms with Gasteiger partial charge in [0.1, 0.15) is 0 Å². The van der Waals surface area contributed by atoms with E-state index in [0.717, 1.165) is 24.7 Å². The van der Waals surface area contributed by atoms with Crippen LogP contribution in [0.1, 0.15) is 25.3 Å². The van der Waals surface area contributed by atoms with Gasteiger partial charge in [0, 0.05) is 19.1 Å². The van der Waals surface area contributed by atoms with Crippen LogP contribution in [0.3, 0.4) is 0 Å². The first-order chi connectivity index (χ1) is 8.22. The number of nitrogens with one attached hydrogen (secondary N) is 1. The van der Waals surface area contributed by atoms with E-state index < -0.39 is 0 Å². The van der Waals surface area contributed by atoms with Gasteiger partial charge in [0.2, 0.25) is 0 Å². The molecular formula is C14H21ClN2. The molecule has 17 heavy (non-hydrogen) atoms. The van der Waals surface area contributed by atoms with Crippen molar-refractivity contribution in [1.29, 1.82) is 0 Å². The molecule has 0 saturated carbocycles. The molecule has 1 aliphatic rings. The molecule has 0 spiro atoms. The maximum atomic E-state index is 6.33. The van der Waals surface area contributed by atoms with Gasteiger partial charge in [-0.15, -0.1) is 0 Å². The lowest BCUT2D eigenvalue weighted by molar-refractivity contribution is 0.431. The Bertz CT molecular complexity index is 356. The van der Waals surface area contributed by atoms with Crippen molar-refractivity contribution < 1.29 is 0 Å². The summed E-state index contributed by atoms with van der Waals surface area (Å²) in [4.78, 5) is 2.43. The smallest absolute Gasteiger partial charge is 0.0642 e. The monoisotopic (exact) mass is 252 g/mol. The van der Waals surface area contributed by atoms with Crippen LogP contribution in [0.4, 0.5) is 5.69 Å². The SMILES string of the molecule is CCNC1CCCN(c2c(C)cccc2Cl)C1. The number of aryl methyl sites for hydroxylation is 1. The largest absolute Gasteiger partial charge is 0.369 e. The minimum absolute atomic E-state index is 0.601. The zero-order valence-corrected chi connectivity index (χ0v) is 11.4. The minimum Gasteiger partial charge on any atom is -0.369 e. The fourth-order valence-electron chi connectivity index (χ4n) is 2.66. The fourth-order valence-corrected chi connectivity index (χ4v) is 3.00. The van der Waals surface area contributed by atoms with Crippen molar-refractivity contribution >= 4 is 17.3 Å². The van der Waals surface area contributed by atoms with E-state index in [1.807, 2.05) is 12.1 Å². The van der Waals surface area contributed by atoms with Crippen molar-refractivity contribution in [2.75, 3.05) is 24.5 Å². The van der Waals surface area contributed by atoms with Crippen molar-refractivity contribution in [3.05, 3.63) is 28.8 Å². The van der Waals surface area contributed by atoms with E-state index in [2.05, 4.69) is 30.1 Å². The number of para-hydroxylation sites is 1. The van der Waals surface area contributed by atoms with Crippen LogP contribution >= 0.6 is 11.6 Å². The predicted molar refractivity (Wildman–Crippen MR) is 75.1 cm³/mol. The normalized spacial score (nSPS) is 20.6. The van der Waals surface area contributed by atoms with Gasteiger partial charge in [0.25, 0.3) is 0 Å². The lowest BCUT2D eigenvalue weighted by Crippen LogP contribution is -2.46. The van der Waals surface area contributed by atoms with E-state index in [4.69, 9.17) is 11.6 Å². The van der Waals surface area contributed by atoms with Gasteiger partial charge >= 0.3 is 0 Å². The summed E-state index contributed by atoms with van der Waals surface area (Å²) >= 11 is 6.33. The summed E-state index contributed by atoms with van der Waals surface area (Å²) in [5.74, 6) is 0. The van der Waals surface area contributed by atoms with Crippen LogP contribution in [0.25, 0.3) is 0 Å². The molecule has 2 nitrogen and oxygen atoms in total. The number of halogens is 1. The van der Waals surface area contributed by atoms with Crippen LogP contribution in [0.2, 0.25) is 5.02 Å². The Morgan fingerprint density at radius 2 is 2.29 bits per heavy atom. The first-order valence-electron chi connectivity index (χ1n) is 6.45. The van der Waals surface area contributed by atoms with Crippen LogP contribution in [-0.4, -0.2) is 25.7 Å². The minimum atomic E-state index is 0.601. The average Bonchev–Trinajstić information content (AvgIpc) is 2.30. The maximum Gasteiger partial charge on any atom is 0.0642 e. The molecule has 1 saturated heterocycles. The van der Waals surface area contributed by atoms with Crippen LogP contribution in [0, 0.1) is 6.92 Å². The zero-order valence-electron chi connectivity index (χ0n) is 10.7. The quantitative estimate of drug-likeness (QED) is 0.889. The molecule has 0 aliphatic carbocycles. The van der Waals surface area contributed by atoms with Gasteiger partial charge in [-0.1, -0.05) is 30.7 Å². The highest BCUT2D eigenvalue weighted by Crippen LogP contribution is 2.31. The van der Waals surface area contributed by atoms with Crippen molar-refractivity contribution in [1.82, 2.24) is 5.32 Å². The highest BCUT2D eigenvalue weighted by molar-refractivity contribution is 6.33. The molecular weight excluding hydrogens is 232 g/mol. The molecule has 1 aromatic rings. The average molecular weight is 253 g/mol. The van der Waals surface area contributed by atoms with Crippen molar-refractivity contribution in [3.63, 3.8) is 0 Å². The Hall–Kier alpha value is -0.730. The molecule has 0 bridgehead atoms. The van der Waals surface area contributed by atoms with Crippen LogP contribution in [-0.2, 0) is 0 Å². The van der Waals surface area contributed by atoms with Crippen molar-refractivity contribution in [3.8, 4) is 0 Å². The molecule has 2 rings (SSSR count). The molecule has 94 valence electrons. The molecule has 1 aromatic carbocycles. The van der Waals surface area contributed by atoms with E-state index >= 15 is 0 Å². The van der Waals surface area contributed by atoms with Crippen LogP contribution in [0.15, 0.2) is 18.2 Å². The number of piperidine rings is 1. The summed E-state index contributed by atoms with van der Waals surface area (Å²) in [5, 5.41) is 4.42. The first kappa shape index (κ1) is 12.7. The van der Waals surface area contributed by atoms with E-state index in [0.29, 0.717) is 6.04 Å². The third kappa shape index (κ3) is 2.93. The summed E-state index contributed by atoms with van der Waals surface area (Å²) in [5.41, 5.74) is 2.49. The maximum absolute atomic E-state index is 6.33. The van der Waals surface area contributed by atoms with Gasteiger partial charge < -0.3 is 10.2 Å². The highest BCUT2D eigenvalue weighted by Gasteiger charge is 2.21. The third-order valence-electron chi connectivity index (χ3n) is 3.42. The second-order valence-electron chi connectivity index (χ2n) is 4.75. The summed E-state index contributed by atoms with van der Waals surface area (Å²) in [7, 11) is 0. The Labute approximate surface area is 109 Å². The second kappa shape index (κ2) is 5.74. The zero-order chi connectivity index (χ0) is 12.3. The van der Waals surface area contributed by atoms with E-state index in [1.54, 1.807) is 0 Å². The number of hydrogen-bond donors (Lipinski definition) is 1. The predicted octanol–water partition coefficient (Wildman–Crippen LogP) is 3.23. The van der Waals surface area contributed by atoms with Crippen LogP contribution in [0.5, 0.6) is 0 Å². The summed E-state index contributed by atoms with van der Waals surface area (Å²) in [6.07, 6.45) is 2.51. The Morgan fingerprint density at radius 1 is 1.47 bits per heavy atom. The van der Waals surface area contributed by atoms with Crippen molar-refractivity contribution in [2.45, 2.75) is 32.7 Å². The Balaban J connectivity index is 2.16. The number of anilines is 1. The van der Waals surface area contributed by atoms with Gasteiger partial charge in [0.15, 0.2) is 0 Å². The molecule has 0 amide bonds. The van der Waals surface area contributed by atoms with E-state index in [1.165, 1.54) is 24.1 Å². The molecule has 1 aliphatic heterocycles. The lowest BCUT2D eigenvalue weighted by Gasteiger charge is -2.36. The molecule has 1 N–H and O–H groups in total. The number of hydrogen-bond acceptors (Lipinski definition) is 2. The number of likely N-dealkylation sites (N-methyl/N-ethyl adjacent to an activating group) is 1. The standard InChI is InChI=1S/C14H21ClN2/c1-3-16-12-7-5-9-17(10-12)14-11(2)6-4-8-13(14)15/h4,6,8,12,16H,3,5,7,9-10H2,1-2H3. The fraction of sp³-hybridized carbons (Fsp3) is 0.571. The Kier molecular flexibility index (Phi) is 4.30. The summed E-state index contributed by atoms with van der Waals surface area (Å²) in [6, 6.07) is 6.75. The van der Waals surface area contributed by atoms with Gasteiger partial charge in [-0.2, -0.15) is 0 Å². The molecule has 0 aromatic heterocycles. The van der Waals surface area contributed by atoms with Gasteiger partial charge in [-0.3, -0.25) is 0 Å². The van der Waals surface area contributed by atoms with E-state index in [9.17, 15) is 0 Å². The second-order valence-corrected chi connectivity index (χ2v) is 5.16.